The van der Waals surface area contributed by atoms with E-state index in [1.165, 1.54) is 6.07 Å². The van der Waals surface area contributed by atoms with Crippen LogP contribution in [0.25, 0.3) is 0 Å². The maximum absolute atomic E-state index is 13.4. The van der Waals surface area contributed by atoms with E-state index in [9.17, 15) is 12.8 Å². The summed E-state index contributed by atoms with van der Waals surface area (Å²) >= 11 is 0. The van der Waals surface area contributed by atoms with Gasteiger partial charge in [0, 0.05) is 13.1 Å². The highest BCUT2D eigenvalue weighted by Crippen LogP contribution is 2.11. The molecule has 1 heterocycles. The number of hydrogen-bond donors (Lipinski definition) is 2. The molecule has 0 bridgehead atoms. The summed E-state index contributed by atoms with van der Waals surface area (Å²) in [4.78, 5) is 0. The molecule has 1 aliphatic rings. The predicted octanol–water partition coefficient (Wildman–Crippen LogP) is 1.04. The summed E-state index contributed by atoms with van der Waals surface area (Å²) < 4.78 is 40.0. The van der Waals surface area contributed by atoms with Crippen LogP contribution in [0, 0.1) is 5.82 Å². The van der Waals surface area contributed by atoms with Crippen LogP contribution >= 0.6 is 0 Å². The van der Waals surface area contributed by atoms with Crippen molar-refractivity contribution in [2.75, 3.05) is 19.6 Å². The minimum Gasteiger partial charge on any atom is -0.315 e. The zero-order valence-electron chi connectivity index (χ0n) is 10.7. The molecule has 0 radical (unpaired) electrons. The summed E-state index contributed by atoms with van der Waals surface area (Å²) in [6, 6.07) is 6.43. The van der Waals surface area contributed by atoms with Gasteiger partial charge in [-0.05, 0) is 37.4 Å². The summed E-state index contributed by atoms with van der Waals surface area (Å²) in [5.41, 5.74) is 0.534. The topological polar surface area (TPSA) is 58.2 Å². The van der Waals surface area contributed by atoms with Crippen LogP contribution in [0.5, 0.6) is 0 Å². The van der Waals surface area contributed by atoms with Crippen molar-refractivity contribution in [2.24, 2.45) is 0 Å². The lowest BCUT2D eigenvalue weighted by Crippen LogP contribution is -2.44. The van der Waals surface area contributed by atoms with Gasteiger partial charge < -0.3 is 5.32 Å². The summed E-state index contributed by atoms with van der Waals surface area (Å²) in [5.74, 6) is -0.291. The van der Waals surface area contributed by atoms with Crippen molar-refractivity contribution in [3.8, 4) is 0 Å². The van der Waals surface area contributed by atoms with Gasteiger partial charge in [0.1, 0.15) is 5.82 Å². The SMILES string of the molecule is O=S(=O)(NCCc1ccccc1F)C1CCCNC1. The van der Waals surface area contributed by atoms with Crippen molar-refractivity contribution in [3.63, 3.8) is 0 Å². The molecule has 6 heteroatoms. The van der Waals surface area contributed by atoms with Gasteiger partial charge in [-0.1, -0.05) is 18.2 Å². The molecule has 0 aliphatic carbocycles. The fourth-order valence-corrected chi connectivity index (χ4v) is 3.67. The van der Waals surface area contributed by atoms with Crippen LogP contribution in [0.1, 0.15) is 18.4 Å². The molecule has 1 unspecified atom stereocenters. The lowest BCUT2D eigenvalue weighted by Gasteiger charge is -2.23. The van der Waals surface area contributed by atoms with Gasteiger partial charge in [0.25, 0.3) is 0 Å². The van der Waals surface area contributed by atoms with Crippen LogP contribution in [0.3, 0.4) is 0 Å². The van der Waals surface area contributed by atoms with E-state index in [1.54, 1.807) is 18.2 Å². The largest absolute Gasteiger partial charge is 0.315 e. The van der Waals surface area contributed by atoms with Crippen LogP contribution in [0.2, 0.25) is 0 Å². The van der Waals surface area contributed by atoms with E-state index in [0.717, 1.165) is 13.0 Å². The predicted molar refractivity (Wildman–Crippen MR) is 72.9 cm³/mol. The second-order valence-electron chi connectivity index (χ2n) is 4.75. The smallest absolute Gasteiger partial charge is 0.215 e. The number of piperidine rings is 1. The minimum atomic E-state index is -3.30. The molecular formula is C13H19FN2O2S. The third kappa shape index (κ3) is 3.99. The van der Waals surface area contributed by atoms with Crippen molar-refractivity contribution in [3.05, 3.63) is 35.6 Å². The fourth-order valence-electron chi connectivity index (χ4n) is 2.23. The molecule has 0 spiro atoms. The number of halogens is 1. The monoisotopic (exact) mass is 286 g/mol. The molecule has 4 nitrogen and oxygen atoms in total. The minimum absolute atomic E-state index is 0.236. The first-order valence-corrected chi connectivity index (χ1v) is 8.07. The summed E-state index contributed by atoms with van der Waals surface area (Å²) in [5, 5.41) is 2.71. The van der Waals surface area contributed by atoms with Gasteiger partial charge in [0.15, 0.2) is 0 Å². The average Bonchev–Trinajstić information content (AvgIpc) is 2.42. The van der Waals surface area contributed by atoms with Crippen molar-refractivity contribution in [1.29, 1.82) is 0 Å². The van der Waals surface area contributed by atoms with Crippen LogP contribution < -0.4 is 10.0 Å². The van der Waals surface area contributed by atoms with Gasteiger partial charge in [0.05, 0.1) is 5.25 Å². The molecule has 19 heavy (non-hydrogen) atoms. The molecule has 2 rings (SSSR count). The molecule has 1 atom stereocenters. The van der Waals surface area contributed by atoms with Crippen molar-refractivity contribution in [1.82, 2.24) is 10.0 Å². The van der Waals surface area contributed by atoms with E-state index in [2.05, 4.69) is 10.0 Å². The van der Waals surface area contributed by atoms with Gasteiger partial charge in [-0.25, -0.2) is 17.5 Å². The first kappa shape index (κ1) is 14.4. The molecule has 1 saturated heterocycles. The Morgan fingerprint density at radius 2 is 2.16 bits per heavy atom. The molecule has 2 N–H and O–H groups in total. The van der Waals surface area contributed by atoms with Gasteiger partial charge in [0.2, 0.25) is 10.0 Å². The Labute approximate surface area is 113 Å². The second kappa shape index (κ2) is 6.45. The van der Waals surface area contributed by atoms with Crippen molar-refractivity contribution in [2.45, 2.75) is 24.5 Å². The Morgan fingerprint density at radius 3 is 2.84 bits per heavy atom. The lowest BCUT2D eigenvalue weighted by molar-refractivity contribution is 0.490. The number of benzene rings is 1. The maximum atomic E-state index is 13.4. The average molecular weight is 286 g/mol. The third-order valence-corrected chi connectivity index (χ3v) is 5.23. The zero-order valence-corrected chi connectivity index (χ0v) is 11.5. The van der Waals surface area contributed by atoms with E-state index in [-0.39, 0.29) is 17.6 Å². The van der Waals surface area contributed by atoms with E-state index < -0.39 is 10.0 Å². The Morgan fingerprint density at radius 1 is 1.37 bits per heavy atom. The molecule has 106 valence electrons. The highest BCUT2D eigenvalue weighted by Gasteiger charge is 2.26. The number of sulfonamides is 1. The maximum Gasteiger partial charge on any atom is 0.215 e. The van der Waals surface area contributed by atoms with Crippen molar-refractivity contribution < 1.29 is 12.8 Å². The number of nitrogens with one attached hydrogen (secondary N) is 2. The first-order chi connectivity index (χ1) is 9.09. The molecule has 0 aromatic heterocycles. The molecule has 0 saturated carbocycles. The lowest BCUT2D eigenvalue weighted by atomic mass is 10.1. The zero-order chi connectivity index (χ0) is 13.7. The van der Waals surface area contributed by atoms with E-state index >= 15 is 0 Å². The highest BCUT2D eigenvalue weighted by molar-refractivity contribution is 7.90. The summed E-state index contributed by atoms with van der Waals surface area (Å²) in [6.07, 6.45) is 1.92. The van der Waals surface area contributed by atoms with Gasteiger partial charge in [-0.2, -0.15) is 0 Å². The molecule has 1 aliphatic heterocycles. The second-order valence-corrected chi connectivity index (χ2v) is 6.79. The molecule has 1 aromatic carbocycles. The fraction of sp³-hybridized carbons (Fsp3) is 0.538. The third-order valence-electron chi connectivity index (χ3n) is 3.35. The Bertz CT molecular complexity index is 513. The quantitative estimate of drug-likeness (QED) is 0.850. The van der Waals surface area contributed by atoms with Gasteiger partial charge in [-0.3, -0.25) is 0 Å². The molecule has 0 amide bonds. The summed E-state index contributed by atoms with van der Waals surface area (Å²) in [6.45, 7) is 1.61. The Balaban J connectivity index is 1.86. The van der Waals surface area contributed by atoms with Crippen LogP contribution in [0.4, 0.5) is 4.39 Å². The van der Waals surface area contributed by atoms with E-state index in [4.69, 9.17) is 0 Å². The number of hydrogen-bond acceptors (Lipinski definition) is 3. The van der Waals surface area contributed by atoms with Crippen LogP contribution in [0.15, 0.2) is 24.3 Å². The van der Waals surface area contributed by atoms with Crippen LogP contribution in [-0.4, -0.2) is 33.3 Å². The Kier molecular flexibility index (Phi) is 4.90. The number of rotatable bonds is 5. The van der Waals surface area contributed by atoms with Gasteiger partial charge in [-0.15, -0.1) is 0 Å². The Hall–Kier alpha value is -0.980. The van der Waals surface area contributed by atoms with E-state index in [0.29, 0.717) is 24.9 Å². The van der Waals surface area contributed by atoms with Crippen LogP contribution in [-0.2, 0) is 16.4 Å². The van der Waals surface area contributed by atoms with Gasteiger partial charge >= 0.3 is 0 Å². The van der Waals surface area contributed by atoms with Crippen molar-refractivity contribution >= 4 is 10.0 Å². The molecule has 1 aromatic rings. The first-order valence-electron chi connectivity index (χ1n) is 6.52. The summed E-state index contributed by atoms with van der Waals surface area (Å²) in [7, 11) is -3.30. The standard InChI is InChI=1S/C13H19FN2O2S/c14-13-6-2-1-4-11(13)7-9-16-19(17,18)12-5-3-8-15-10-12/h1-2,4,6,12,15-16H,3,5,7-10H2. The molecular weight excluding hydrogens is 267 g/mol. The molecule has 1 fully saturated rings. The normalized spacial score (nSPS) is 20.4. The van der Waals surface area contributed by atoms with E-state index in [1.807, 2.05) is 0 Å². The highest BCUT2D eigenvalue weighted by atomic mass is 32.2.